The predicted molar refractivity (Wildman–Crippen MR) is 87.6 cm³/mol. The van der Waals surface area contributed by atoms with E-state index < -0.39 is 6.04 Å². The highest BCUT2D eigenvalue weighted by Crippen LogP contribution is 2.26. The molecule has 114 valence electrons. The standard InChI is InChI=1S/C16H21N3O.ClH/c1-10-6-12(7-10)19-16(20)14(17)8-11-9-18-15-5-3-2-4-13(11)15;/h2-5,9-10,12,14,18H,6-8,17H2,1H3,(H,19,20);1H/t10?,12?,14-;/m0./s1. The van der Waals surface area contributed by atoms with Crippen LogP contribution in [0.2, 0.25) is 0 Å². The van der Waals surface area contributed by atoms with Gasteiger partial charge in [-0.15, -0.1) is 12.4 Å². The maximum atomic E-state index is 12.1. The van der Waals surface area contributed by atoms with Crippen molar-refractivity contribution in [3.05, 3.63) is 36.0 Å². The summed E-state index contributed by atoms with van der Waals surface area (Å²) < 4.78 is 0. The summed E-state index contributed by atoms with van der Waals surface area (Å²) in [6.07, 6.45) is 4.67. The number of halogens is 1. The number of aromatic amines is 1. The number of nitrogens with two attached hydrogens (primary N) is 1. The molecule has 1 aromatic carbocycles. The van der Waals surface area contributed by atoms with Crippen LogP contribution in [0.25, 0.3) is 10.9 Å². The third kappa shape index (κ3) is 3.39. The van der Waals surface area contributed by atoms with Gasteiger partial charge in [0.1, 0.15) is 0 Å². The van der Waals surface area contributed by atoms with Crippen LogP contribution < -0.4 is 11.1 Å². The van der Waals surface area contributed by atoms with Gasteiger partial charge in [0.15, 0.2) is 0 Å². The molecule has 1 heterocycles. The molecule has 0 radical (unpaired) electrons. The van der Waals surface area contributed by atoms with Crippen molar-refractivity contribution in [1.29, 1.82) is 0 Å². The third-order valence-electron chi connectivity index (χ3n) is 4.17. The maximum Gasteiger partial charge on any atom is 0.237 e. The van der Waals surface area contributed by atoms with Crippen LogP contribution in [0.4, 0.5) is 0 Å². The van der Waals surface area contributed by atoms with Gasteiger partial charge in [-0.2, -0.15) is 0 Å². The van der Waals surface area contributed by atoms with Crippen molar-refractivity contribution in [1.82, 2.24) is 10.3 Å². The number of para-hydroxylation sites is 1. The molecule has 1 fully saturated rings. The highest BCUT2D eigenvalue weighted by Gasteiger charge is 2.28. The fraction of sp³-hybridized carbons (Fsp3) is 0.438. The van der Waals surface area contributed by atoms with Crippen molar-refractivity contribution in [3.63, 3.8) is 0 Å². The number of carbonyl (C=O) groups is 1. The molecule has 4 nitrogen and oxygen atoms in total. The van der Waals surface area contributed by atoms with Gasteiger partial charge in [0.25, 0.3) is 0 Å². The summed E-state index contributed by atoms with van der Waals surface area (Å²) in [5.74, 6) is 0.692. The fourth-order valence-corrected chi connectivity index (χ4v) is 2.96. The molecule has 1 atom stereocenters. The van der Waals surface area contributed by atoms with Gasteiger partial charge >= 0.3 is 0 Å². The number of carbonyl (C=O) groups excluding carboxylic acids is 1. The second kappa shape index (κ2) is 6.50. The number of fused-ring (bicyclic) bond motifs is 1. The van der Waals surface area contributed by atoms with Crippen molar-refractivity contribution < 1.29 is 4.79 Å². The summed E-state index contributed by atoms with van der Waals surface area (Å²) in [7, 11) is 0. The normalized spacial score (nSPS) is 22.2. The van der Waals surface area contributed by atoms with E-state index in [0.717, 1.165) is 35.2 Å². The Labute approximate surface area is 130 Å². The Kier molecular flexibility index (Phi) is 4.91. The number of benzene rings is 1. The van der Waals surface area contributed by atoms with Crippen LogP contribution in [0.5, 0.6) is 0 Å². The number of aromatic nitrogens is 1. The van der Waals surface area contributed by atoms with Crippen molar-refractivity contribution >= 4 is 29.2 Å². The van der Waals surface area contributed by atoms with Gasteiger partial charge in [0.2, 0.25) is 5.91 Å². The average Bonchev–Trinajstić information content (AvgIpc) is 2.80. The van der Waals surface area contributed by atoms with Gasteiger partial charge in [0, 0.05) is 23.1 Å². The molecule has 0 saturated heterocycles. The van der Waals surface area contributed by atoms with E-state index in [1.807, 2.05) is 24.4 Å². The molecule has 0 unspecified atom stereocenters. The molecule has 21 heavy (non-hydrogen) atoms. The predicted octanol–water partition coefficient (Wildman–Crippen LogP) is 2.37. The van der Waals surface area contributed by atoms with Gasteiger partial charge in [-0.25, -0.2) is 0 Å². The van der Waals surface area contributed by atoms with Crippen LogP contribution in [0, 0.1) is 5.92 Å². The molecule has 1 saturated carbocycles. The number of hydrogen-bond donors (Lipinski definition) is 3. The van der Waals surface area contributed by atoms with Crippen LogP contribution in [-0.4, -0.2) is 23.0 Å². The minimum Gasteiger partial charge on any atom is -0.361 e. The summed E-state index contributed by atoms with van der Waals surface area (Å²) in [6, 6.07) is 7.92. The zero-order valence-electron chi connectivity index (χ0n) is 12.1. The van der Waals surface area contributed by atoms with Crippen LogP contribution in [0.3, 0.4) is 0 Å². The summed E-state index contributed by atoms with van der Waals surface area (Å²) in [5.41, 5.74) is 8.22. The lowest BCUT2D eigenvalue weighted by atomic mass is 9.82. The molecule has 0 aliphatic heterocycles. The summed E-state index contributed by atoms with van der Waals surface area (Å²) in [5, 5.41) is 4.18. The number of nitrogens with one attached hydrogen (secondary N) is 2. The van der Waals surface area contributed by atoms with Gasteiger partial charge in [-0.3, -0.25) is 4.79 Å². The van der Waals surface area contributed by atoms with Gasteiger partial charge in [-0.05, 0) is 36.8 Å². The Morgan fingerprint density at radius 3 is 2.86 bits per heavy atom. The Morgan fingerprint density at radius 2 is 2.14 bits per heavy atom. The molecule has 1 amide bonds. The molecule has 4 N–H and O–H groups in total. The topological polar surface area (TPSA) is 70.9 Å². The van der Waals surface area contributed by atoms with E-state index in [4.69, 9.17) is 5.73 Å². The third-order valence-corrected chi connectivity index (χ3v) is 4.17. The van der Waals surface area contributed by atoms with Crippen molar-refractivity contribution in [2.45, 2.75) is 38.3 Å². The van der Waals surface area contributed by atoms with Gasteiger partial charge < -0.3 is 16.0 Å². The first-order chi connectivity index (χ1) is 9.63. The largest absolute Gasteiger partial charge is 0.361 e. The first-order valence-corrected chi connectivity index (χ1v) is 7.24. The Hall–Kier alpha value is -1.52. The molecule has 0 spiro atoms. The second-order valence-electron chi connectivity index (χ2n) is 5.95. The molecule has 1 aliphatic rings. The van der Waals surface area contributed by atoms with Crippen molar-refractivity contribution in [3.8, 4) is 0 Å². The Balaban J connectivity index is 0.00000161. The summed E-state index contributed by atoms with van der Waals surface area (Å²) in [4.78, 5) is 15.3. The van der Waals surface area contributed by atoms with E-state index in [0.29, 0.717) is 12.5 Å². The first kappa shape index (κ1) is 15.9. The number of amides is 1. The number of H-pyrrole nitrogens is 1. The highest BCUT2D eigenvalue weighted by molar-refractivity contribution is 5.86. The quantitative estimate of drug-likeness (QED) is 0.811. The van der Waals surface area contributed by atoms with Crippen LogP contribution in [0.15, 0.2) is 30.5 Å². The lowest BCUT2D eigenvalue weighted by Crippen LogP contribution is -2.50. The van der Waals surface area contributed by atoms with Crippen LogP contribution >= 0.6 is 12.4 Å². The fourth-order valence-electron chi connectivity index (χ4n) is 2.96. The average molecular weight is 308 g/mol. The van der Waals surface area contributed by atoms with Gasteiger partial charge in [0.05, 0.1) is 6.04 Å². The Morgan fingerprint density at radius 1 is 1.43 bits per heavy atom. The smallest absolute Gasteiger partial charge is 0.237 e. The zero-order chi connectivity index (χ0) is 14.1. The highest BCUT2D eigenvalue weighted by atomic mass is 35.5. The Bertz CT molecular complexity index is 619. The second-order valence-corrected chi connectivity index (χ2v) is 5.95. The molecule has 1 aromatic heterocycles. The molecule has 3 rings (SSSR count). The van der Waals surface area contributed by atoms with Crippen molar-refractivity contribution in [2.24, 2.45) is 11.7 Å². The number of rotatable bonds is 4. The van der Waals surface area contributed by atoms with Crippen molar-refractivity contribution in [2.75, 3.05) is 0 Å². The zero-order valence-corrected chi connectivity index (χ0v) is 13.0. The van der Waals surface area contributed by atoms with E-state index >= 15 is 0 Å². The van der Waals surface area contributed by atoms with Crippen LogP contribution in [-0.2, 0) is 11.2 Å². The SMILES string of the molecule is CC1CC(NC(=O)[C@@H](N)Cc2c[nH]c3ccccc23)C1.Cl. The maximum absolute atomic E-state index is 12.1. The van der Waals surface area contributed by atoms with E-state index in [1.54, 1.807) is 0 Å². The van der Waals surface area contributed by atoms with E-state index in [2.05, 4.69) is 23.3 Å². The lowest BCUT2D eigenvalue weighted by molar-refractivity contribution is -0.123. The molecular formula is C16H22ClN3O. The monoisotopic (exact) mass is 307 g/mol. The van der Waals surface area contributed by atoms with Gasteiger partial charge in [-0.1, -0.05) is 25.1 Å². The summed E-state index contributed by atoms with van der Waals surface area (Å²) in [6.45, 7) is 2.20. The number of hydrogen-bond acceptors (Lipinski definition) is 2. The minimum atomic E-state index is -0.481. The van der Waals surface area contributed by atoms with E-state index in [9.17, 15) is 4.79 Å². The lowest BCUT2D eigenvalue weighted by Gasteiger charge is -2.33. The van der Waals surface area contributed by atoms with E-state index in [1.165, 1.54) is 0 Å². The summed E-state index contributed by atoms with van der Waals surface area (Å²) >= 11 is 0. The molecule has 5 heteroatoms. The van der Waals surface area contributed by atoms with Crippen LogP contribution in [0.1, 0.15) is 25.3 Å². The first-order valence-electron chi connectivity index (χ1n) is 7.24. The molecular weight excluding hydrogens is 286 g/mol. The minimum absolute atomic E-state index is 0. The van der Waals surface area contributed by atoms with E-state index in [-0.39, 0.29) is 18.3 Å². The molecule has 2 aromatic rings. The molecule has 0 bridgehead atoms. The molecule has 1 aliphatic carbocycles.